The number of hydrogen-bond acceptors (Lipinski definition) is 5. The highest BCUT2D eigenvalue weighted by Gasteiger charge is 2.28. The van der Waals surface area contributed by atoms with Gasteiger partial charge >= 0.3 is 0 Å². The number of nitrogens with one attached hydrogen (secondary N) is 2. The molecule has 30 heavy (non-hydrogen) atoms. The summed E-state index contributed by atoms with van der Waals surface area (Å²) in [7, 11) is 0. The third-order valence-corrected chi connectivity index (χ3v) is 5.21. The summed E-state index contributed by atoms with van der Waals surface area (Å²) in [6.45, 7) is 3.10. The first kappa shape index (κ1) is 20.0. The Morgan fingerprint density at radius 2 is 2.00 bits per heavy atom. The molecule has 1 atom stereocenters. The van der Waals surface area contributed by atoms with Crippen molar-refractivity contribution in [3.05, 3.63) is 77.9 Å². The number of rotatable bonds is 6. The Balaban J connectivity index is 1.43. The van der Waals surface area contributed by atoms with Gasteiger partial charge in [0.15, 0.2) is 0 Å². The quantitative estimate of drug-likeness (QED) is 0.634. The zero-order valence-electron chi connectivity index (χ0n) is 16.8. The third kappa shape index (κ3) is 4.80. The minimum atomic E-state index is -0.326. The highest BCUT2D eigenvalue weighted by molar-refractivity contribution is 5.92. The number of pyridine rings is 2. The van der Waals surface area contributed by atoms with Crippen LogP contribution in [0.4, 0.5) is 21.7 Å². The van der Waals surface area contributed by atoms with Crippen LogP contribution in [0.25, 0.3) is 0 Å². The number of nitrogens with zero attached hydrogens (tertiary/aromatic N) is 3. The van der Waals surface area contributed by atoms with Crippen molar-refractivity contribution in [2.75, 3.05) is 23.7 Å². The maximum atomic E-state index is 13.0. The topological polar surface area (TPSA) is 70.2 Å². The van der Waals surface area contributed by atoms with E-state index in [1.807, 2.05) is 37.3 Å². The van der Waals surface area contributed by atoms with E-state index >= 15 is 0 Å². The fraction of sp³-hybridized carbons (Fsp3) is 0.261. The number of aryl methyl sites for hydroxylation is 1. The molecule has 154 valence electrons. The van der Waals surface area contributed by atoms with Gasteiger partial charge in [-0.1, -0.05) is 12.1 Å². The van der Waals surface area contributed by atoms with Crippen LogP contribution in [0, 0.1) is 12.7 Å². The van der Waals surface area contributed by atoms with Crippen molar-refractivity contribution >= 4 is 23.2 Å². The van der Waals surface area contributed by atoms with Gasteiger partial charge in [0.1, 0.15) is 17.5 Å². The summed E-state index contributed by atoms with van der Waals surface area (Å²) in [5.74, 6) is 1.07. The van der Waals surface area contributed by atoms with Gasteiger partial charge in [-0.3, -0.25) is 9.69 Å². The van der Waals surface area contributed by atoms with Gasteiger partial charge < -0.3 is 10.6 Å². The Hall–Kier alpha value is -3.32. The molecular formula is C23H24FN5O. The lowest BCUT2D eigenvalue weighted by Gasteiger charge is -2.24. The Morgan fingerprint density at radius 1 is 1.17 bits per heavy atom. The van der Waals surface area contributed by atoms with Gasteiger partial charge in [-0.05, 0) is 74.3 Å². The van der Waals surface area contributed by atoms with E-state index in [1.165, 1.54) is 12.1 Å². The number of likely N-dealkylation sites (tertiary alicyclic amines) is 1. The molecule has 3 heterocycles. The molecule has 1 amide bonds. The molecule has 2 N–H and O–H groups in total. The monoisotopic (exact) mass is 405 g/mol. The van der Waals surface area contributed by atoms with E-state index in [1.54, 1.807) is 18.3 Å². The van der Waals surface area contributed by atoms with Crippen molar-refractivity contribution in [3.63, 3.8) is 0 Å². The first-order valence-electron chi connectivity index (χ1n) is 10.0. The average Bonchev–Trinajstić information content (AvgIpc) is 3.20. The maximum absolute atomic E-state index is 13.0. The molecule has 1 aromatic carbocycles. The van der Waals surface area contributed by atoms with E-state index in [9.17, 15) is 9.18 Å². The zero-order chi connectivity index (χ0) is 20.9. The second-order valence-electron chi connectivity index (χ2n) is 7.43. The molecule has 2 aromatic heterocycles. The molecule has 7 heteroatoms. The molecule has 1 fully saturated rings. The minimum Gasteiger partial charge on any atom is -0.325 e. The summed E-state index contributed by atoms with van der Waals surface area (Å²) >= 11 is 0. The molecule has 0 bridgehead atoms. The first-order valence-corrected chi connectivity index (χ1v) is 10.0. The highest BCUT2D eigenvalue weighted by Crippen LogP contribution is 2.31. The largest absolute Gasteiger partial charge is 0.325 e. The lowest BCUT2D eigenvalue weighted by molar-refractivity contribution is -0.117. The van der Waals surface area contributed by atoms with Gasteiger partial charge in [-0.15, -0.1) is 0 Å². The molecule has 0 radical (unpaired) electrons. The van der Waals surface area contributed by atoms with Gasteiger partial charge in [-0.25, -0.2) is 14.4 Å². The van der Waals surface area contributed by atoms with Crippen LogP contribution < -0.4 is 10.6 Å². The summed E-state index contributed by atoms with van der Waals surface area (Å²) in [5, 5.41) is 6.11. The molecule has 4 rings (SSSR count). The molecule has 1 aliphatic rings. The van der Waals surface area contributed by atoms with Crippen LogP contribution in [0.5, 0.6) is 0 Å². The van der Waals surface area contributed by atoms with Crippen molar-refractivity contribution in [1.29, 1.82) is 0 Å². The molecule has 6 nitrogen and oxygen atoms in total. The summed E-state index contributed by atoms with van der Waals surface area (Å²) in [6.07, 6.45) is 3.70. The molecule has 3 aromatic rings. The number of amides is 1. The molecule has 1 saturated heterocycles. The summed E-state index contributed by atoms with van der Waals surface area (Å²) in [5.41, 5.74) is 2.57. The number of halogens is 1. The molecular weight excluding hydrogens is 381 g/mol. The third-order valence-electron chi connectivity index (χ3n) is 5.21. The number of carbonyl (C=O) groups is 1. The second-order valence-corrected chi connectivity index (χ2v) is 7.43. The average molecular weight is 405 g/mol. The number of aromatic nitrogens is 2. The SMILES string of the molecule is Cc1cccnc1Nc1cccc([C@H]2CCCN2CC(=O)Nc2ccc(F)cc2)n1. The van der Waals surface area contributed by atoms with Crippen molar-refractivity contribution in [1.82, 2.24) is 14.9 Å². The van der Waals surface area contributed by atoms with Crippen molar-refractivity contribution in [2.24, 2.45) is 0 Å². The Labute approximate surface area is 175 Å². The fourth-order valence-corrected chi connectivity index (χ4v) is 3.71. The molecule has 0 aliphatic carbocycles. The molecule has 0 unspecified atom stereocenters. The second kappa shape index (κ2) is 9.00. The van der Waals surface area contributed by atoms with Crippen LogP contribution >= 0.6 is 0 Å². The maximum Gasteiger partial charge on any atom is 0.238 e. The number of carbonyl (C=O) groups excluding carboxylic acids is 1. The van der Waals surface area contributed by atoms with Crippen LogP contribution in [0.15, 0.2) is 60.8 Å². The highest BCUT2D eigenvalue weighted by atomic mass is 19.1. The standard InChI is InChI=1S/C23H24FN5O/c1-16-5-3-13-25-23(16)28-21-8-2-6-19(27-21)20-7-4-14-29(20)15-22(30)26-18-11-9-17(24)10-12-18/h2-3,5-6,8-13,20H,4,7,14-15H2,1H3,(H,26,30)(H,25,27,28)/t20-/m1/s1. The van der Waals surface area contributed by atoms with Crippen LogP contribution in [0.2, 0.25) is 0 Å². The normalized spacial score (nSPS) is 16.4. The van der Waals surface area contributed by atoms with Gasteiger partial charge in [0, 0.05) is 11.9 Å². The summed E-state index contributed by atoms with van der Waals surface area (Å²) in [4.78, 5) is 23.8. The molecule has 0 spiro atoms. The fourth-order valence-electron chi connectivity index (χ4n) is 3.71. The van der Waals surface area contributed by atoms with Gasteiger partial charge in [0.25, 0.3) is 0 Å². The number of benzene rings is 1. The lowest BCUT2D eigenvalue weighted by atomic mass is 10.1. The van der Waals surface area contributed by atoms with Crippen molar-refractivity contribution in [3.8, 4) is 0 Å². The minimum absolute atomic E-state index is 0.0792. The van der Waals surface area contributed by atoms with Crippen LogP contribution in [-0.4, -0.2) is 33.9 Å². The predicted molar refractivity (Wildman–Crippen MR) is 115 cm³/mol. The van der Waals surface area contributed by atoms with Crippen LogP contribution in [0.3, 0.4) is 0 Å². The number of hydrogen-bond donors (Lipinski definition) is 2. The van der Waals surface area contributed by atoms with Crippen LogP contribution in [0.1, 0.15) is 30.1 Å². The van der Waals surface area contributed by atoms with E-state index in [2.05, 4.69) is 20.5 Å². The Bertz CT molecular complexity index is 1020. The lowest BCUT2D eigenvalue weighted by Crippen LogP contribution is -2.33. The summed E-state index contributed by atoms with van der Waals surface area (Å²) < 4.78 is 13.0. The first-order chi connectivity index (χ1) is 14.6. The van der Waals surface area contributed by atoms with E-state index in [-0.39, 0.29) is 24.3 Å². The van der Waals surface area contributed by atoms with E-state index < -0.39 is 0 Å². The van der Waals surface area contributed by atoms with Gasteiger partial charge in [0.2, 0.25) is 5.91 Å². The Kier molecular flexibility index (Phi) is 5.99. The zero-order valence-corrected chi connectivity index (χ0v) is 16.8. The molecule has 1 aliphatic heterocycles. The summed E-state index contributed by atoms with van der Waals surface area (Å²) in [6, 6.07) is 15.6. The number of anilines is 3. The smallest absolute Gasteiger partial charge is 0.238 e. The molecule has 0 saturated carbocycles. The van der Waals surface area contributed by atoms with Gasteiger partial charge in [0.05, 0.1) is 18.3 Å². The van der Waals surface area contributed by atoms with E-state index in [0.717, 1.165) is 42.3 Å². The Morgan fingerprint density at radius 3 is 2.80 bits per heavy atom. The van der Waals surface area contributed by atoms with Crippen molar-refractivity contribution in [2.45, 2.75) is 25.8 Å². The van der Waals surface area contributed by atoms with Gasteiger partial charge in [-0.2, -0.15) is 0 Å². The van der Waals surface area contributed by atoms with E-state index in [0.29, 0.717) is 5.69 Å². The van der Waals surface area contributed by atoms with Crippen molar-refractivity contribution < 1.29 is 9.18 Å². The van der Waals surface area contributed by atoms with E-state index in [4.69, 9.17) is 4.98 Å². The predicted octanol–water partition coefficient (Wildman–Crippen LogP) is 4.44. The van der Waals surface area contributed by atoms with Crippen LogP contribution in [-0.2, 0) is 4.79 Å².